The van der Waals surface area contributed by atoms with Crippen LogP contribution in [-0.2, 0) is 16.8 Å². The van der Waals surface area contributed by atoms with Gasteiger partial charge in [-0.15, -0.1) is 0 Å². The van der Waals surface area contributed by atoms with E-state index in [2.05, 4.69) is 22.0 Å². The number of aliphatic hydroxyl groups is 1. The summed E-state index contributed by atoms with van der Waals surface area (Å²) in [5, 5.41) is 15.2. The van der Waals surface area contributed by atoms with Gasteiger partial charge in [-0.1, -0.05) is 6.92 Å². The Bertz CT molecular complexity index is 1480. The highest BCUT2D eigenvalue weighted by molar-refractivity contribution is 5.63. The summed E-state index contributed by atoms with van der Waals surface area (Å²) in [5.41, 5.74) is 8.45. The fourth-order valence-corrected chi connectivity index (χ4v) is 6.45. The van der Waals surface area contributed by atoms with E-state index in [4.69, 9.17) is 10.5 Å². The van der Waals surface area contributed by atoms with Gasteiger partial charge in [0.05, 0.1) is 34.7 Å². The van der Waals surface area contributed by atoms with Crippen LogP contribution in [0.2, 0.25) is 0 Å². The van der Waals surface area contributed by atoms with Crippen molar-refractivity contribution in [1.29, 1.82) is 0 Å². The van der Waals surface area contributed by atoms with Crippen molar-refractivity contribution in [3.63, 3.8) is 0 Å². The molecule has 2 fully saturated rings. The summed E-state index contributed by atoms with van der Waals surface area (Å²) in [6, 6.07) is 7.79. The number of rotatable bonds is 6. The van der Waals surface area contributed by atoms with Gasteiger partial charge in [-0.2, -0.15) is 5.10 Å². The molecule has 0 amide bonds. The summed E-state index contributed by atoms with van der Waals surface area (Å²) in [6.45, 7) is 2.17. The molecule has 4 aromatic rings. The van der Waals surface area contributed by atoms with Crippen LogP contribution in [0.5, 0.6) is 0 Å². The SMILES string of the molecule is CO[C@@H]1[C@H](N)C[C@H](c2ccncc2Cc2ncc3ccc(-c4c(F)cc(C5(O)CCC5)cc4F)nn23)C[C@@H]1C. The molecule has 2 saturated carbocycles. The summed E-state index contributed by atoms with van der Waals surface area (Å²) in [4.78, 5) is 8.95. The molecule has 2 aliphatic carbocycles. The predicted octanol–water partition coefficient (Wildman–Crippen LogP) is 4.89. The van der Waals surface area contributed by atoms with Crippen LogP contribution in [0.25, 0.3) is 16.8 Å². The first-order chi connectivity index (χ1) is 18.8. The van der Waals surface area contributed by atoms with Crippen LogP contribution in [-0.4, -0.2) is 43.9 Å². The van der Waals surface area contributed by atoms with E-state index >= 15 is 8.78 Å². The number of nitrogens with two attached hydrogens (primary N) is 1. The Hall–Kier alpha value is -3.27. The lowest BCUT2D eigenvalue weighted by Crippen LogP contribution is -2.45. The Balaban J connectivity index is 1.32. The molecule has 0 unspecified atom stereocenters. The highest BCUT2D eigenvalue weighted by Crippen LogP contribution is 2.43. The molecule has 0 radical (unpaired) electrons. The Labute approximate surface area is 226 Å². The van der Waals surface area contributed by atoms with Crippen molar-refractivity contribution < 1.29 is 18.6 Å². The van der Waals surface area contributed by atoms with Crippen molar-refractivity contribution in [2.75, 3.05) is 7.11 Å². The topological polar surface area (TPSA) is 98.6 Å². The molecule has 3 aromatic heterocycles. The second-order valence-corrected chi connectivity index (χ2v) is 11.2. The Morgan fingerprint density at radius 1 is 1.13 bits per heavy atom. The van der Waals surface area contributed by atoms with E-state index in [1.165, 1.54) is 17.7 Å². The van der Waals surface area contributed by atoms with Gasteiger partial charge in [-0.05, 0) is 91.0 Å². The van der Waals surface area contributed by atoms with E-state index in [-0.39, 0.29) is 34.9 Å². The molecule has 0 spiro atoms. The zero-order valence-electron chi connectivity index (χ0n) is 22.1. The number of pyridine rings is 1. The molecule has 0 saturated heterocycles. The first kappa shape index (κ1) is 26.0. The molecule has 4 atom stereocenters. The highest BCUT2D eigenvalue weighted by Gasteiger charge is 2.38. The maximum Gasteiger partial charge on any atom is 0.136 e. The van der Waals surface area contributed by atoms with E-state index in [0.29, 0.717) is 31.0 Å². The first-order valence-corrected chi connectivity index (χ1v) is 13.5. The van der Waals surface area contributed by atoms with Crippen molar-refractivity contribution in [3.8, 4) is 11.3 Å². The standard InChI is InChI=1S/C30H33F2N5O2/c1-17-10-18(11-25(33)29(17)39-2)22-6-9-34-15-19(22)12-27-35-16-21-4-5-26(36-37(21)27)28-23(31)13-20(14-24(28)32)30(38)7-3-8-30/h4-6,9,13-18,25,29,38H,3,7-8,10-12,33H2,1-2H3/t17-,18+,25+,29-/m0/s1. The van der Waals surface area contributed by atoms with Gasteiger partial charge in [0.2, 0.25) is 0 Å². The molecule has 6 rings (SSSR count). The minimum Gasteiger partial charge on any atom is -0.385 e. The lowest BCUT2D eigenvalue weighted by molar-refractivity contribution is -0.0392. The van der Waals surface area contributed by atoms with Crippen LogP contribution in [0.4, 0.5) is 8.78 Å². The Kier molecular flexibility index (Phi) is 6.69. The molecule has 0 bridgehead atoms. The number of ether oxygens (including phenoxy) is 1. The van der Waals surface area contributed by atoms with E-state index in [1.54, 1.807) is 36.2 Å². The van der Waals surface area contributed by atoms with E-state index in [0.717, 1.165) is 30.3 Å². The zero-order chi connectivity index (χ0) is 27.3. The molecule has 39 heavy (non-hydrogen) atoms. The van der Waals surface area contributed by atoms with Crippen LogP contribution < -0.4 is 5.73 Å². The maximum atomic E-state index is 15.2. The molecule has 3 heterocycles. The van der Waals surface area contributed by atoms with Gasteiger partial charge in [0.1, 0.15) is 17.5 Å². The summed E-state index contributed by atoms with van der Waals surface area (Å²) < 4.78 is 37.7. The van der Waals surface area contributed by atoms with Gasteiger partial charge in [-0.3, -0.25) is 4.98 Å². The fourth-order valence-electron chi connectivity index (χ4n) is 6.45. The second kappa shape index (κ2) is 10.0. The second-order valence-electron chi connectivity index (χ2n) is 11.2. The Morgan fingerprint density at radius 2 is 1.90 bits per heavy atom. The van der Waals surface area contributed by atoms with Gasteiger partial charge in [0.25, 0.3) is 0 Å². The third-order valence-electron chi connectivity index (χ3n) is 8.67. The lowest BCUT2D eigenvalue weighted by atomic mass is 9.74. The number of aromatic nitrogens is 4. The molecule has 9 heteroatoms. The van der Waals surface area contributed by atoms with Gasteiger partial charge in [0.15, 0.2) is 0 Å². The van der Waals surface area contributed by atoms with Crippen molar-refractivity contribution in [2.45, 2.75) is 69.1 Å². The number of nitrogens with zero attached hydrogens (tertiary/aromatic N) is 4. The fraction of sp³-hybridized carbons (Fsp3) is 0.433. The Morgan fingerprint density at radius 3 is 2.56 bits per heavy atom. The monoisotopic (exact) mass is 533 g/mol. The van der Waals surface area contributed by atoms with Crippen LogP contribution >= 0.6 is 0 Å². The summed E-state index contributed by atoms with van der Waals surface area (Å²) in [6.07, 6.45) is 9.45. The van der Waals surface area contributed by atoms with Gasteiger partial charge in [-0.25, -0.2) is 18.3 Å². The van der Waals surface area contributed by atoms with Crippen molar-refractivity contribution >= 4 is 5.52 Å². The summed E-state index contributed by atoms with van der Waals surface area (Å²) in [5.74, 6) is -0.259. The maximum absolute atomic E-state index is 15.2. The minimum atomic E-state index is -1.15. The third-order valence-corrected chi connectivity index (χ3v) is 8.67. The molecule has 204 valence electrons. The van der Waals surface area contributed by atoms with Crippen LogP contribution in [0, 0.1) is 17.6 Å². The lowest BCUT2D eigenvalue weighted by Gasteiger charge is -2.38. The number of methoxy groups -OCH3 is 1. The van der Waals surface area contributed by atoms with Crippen molar-refractivity contribution in [1.82, 2.24) is 19.6 Å². The predicted molar refractivity (Wildman–Crippen MR) is 143 cm³/mol. The van der Waals surface area contributed by atoms with E-state index < -0.39 is 17.2 Å². The quantitative estimate of drug-likeness (QED) is 0.366. The molecular weight excluding hydrogens is 500 g/mol. The van der Waals surface area contributed by atoms with Gasteiger partial charge < -0.3 is 15.6 Å². The van der Waals surface area contributed by atoms with Gasteiger partial charge >= 0.3 is 0 Å². The van der Waals surface area contributed by atoms with Crippen molar-refractivity contribution in [3.05, 3.63) is 83.1 Å². The number of hydrogen-bond donors (Lipinski definition) is 2. The molecule has 7 nitrogen and oxygen atoms in total. The molecule has 0 aliphatic heterocycles. The first-order valence-electron chi connectivity index (χ1n) is 13.5. The number of fused-ring (bicyclic) bond motifs is 1. The number of imidazole rings is 1. The van der Waals surface area contributed by atoms with Gasteiger partial charge in [0, 0.05) is 32.0 Å². The van der Waals surface area contributed by atoms with Crippen LogP contribution in [0.1, 0.15) is 67.5 Å². The highest BCUT2D eigenvalue weighted by atomic mass is 19.1. The summed E-state index contributed by atoms with van der Waals surface area (Å²) in [7, 11) is 1.72. The van der Waals surface area contributed by atoms with E-state index in [9.17, 15) is 5.11 Å². The molecular formula is C30H33F2N5O2. The number of halogens is 2. The van der Waals surface area contributed by atoms with Crippen molar-refractivity contribution in [2.24, 2.45) is 11.7 Å². The van der Waals surface area contributed by atoms with Crippen LogP contribution in [0.15, 0.2) is 48.9 Å². The average Bonchev–Trinajstić information content (AvgIpc) is 3.29. The molecule has 2 aliphatic rings. The normalized spacial score (nSPS) is 24.6. The van der Waals surface area contributed by atoms with E-state index in [1.807, 2.05) is 12.3 Å². The average molecular weight is 534 g/mol. The minimum absolute atomic E-state index is 0.0388. The number of hydrogen-bond acceptors (Lipinski definition) is 6. The number of benzene rings is 1. The summed E-state index contributed by atoms with van der Waals surface area (Å²) >= 11 is 0. The van der Waals surface area contributed by atoms with Crippen LogP contribution in [0.3, 0.4) is 0 Å². The largest absolute Gasteiger partial charge is 0.385 e. The molecule has 3 N–H and O–H groups in total. The third kappa shape index (κ3) is 4.62. The molecule has 1 aromatic carbocycles. The zero-order valence-corrected chi connectivity index (χ0v) is 22.1. The smallest absolute Gasteiger partial charge is 0.136 e.